The Kier molecular flexibility index (Phi) is 8.41. The molecule has 32 heavy (non-hydrogen) atoms. The van der Waals surface area contributed by atoms with Crippen LogP contribution in [0.5, 0.6) is 0 Å². The van der Waals surface area contributed by atoms with Crippen molar-refractivity contribution in [1.29, 1.82) is 0 Å². The Labute approximate surface area is 194 Å². The van der Waals surface area contributed by atoms with Gasteiger partial charge in [0.05, 0.1) is 5.36 Å². The van der Waals surface area contributed by atoms with Crippen molar-refractivity contribution in [3.63, 3.8) is 0 Å². The lowest BCUT2D eigenvalue weighted by Crippen LogP contribution is -2.42. The third-order valence-electron chi connectivity index (χ3n) is 6.32. The number of nitrogens with zero attached hydrogens (tertiary/aromatic N) is 2. The van der Waals surface area contributed by atoms with Crippen molar-refractivity contribution in [1.82, 2.24) is 4.68 Å². The third kappa shape index (κ3) is 8.14. The van der Waals surface area contributed by atoms with Gasteiger partial charge in [0.25, 0.3) is 0 Å². The van der Waals surface area contributed by atoms with Gasteiger partial charge >= 0.3 is 6.09 Å². The van der Waals surface area contributed by atoms with Crippen LogP contribution < -0.4 is 11.2 Å². The van der Waals surface area contributed by atoms with Crippen molar-refractivity contribution < 1.29 is 14.0 Å². The Balaban J connectivity index is 1.97. The zero-order chi connectivity index (χ0) is 24.2. The Hall–Kier alpha value is -2.04. The minimum Gasteiger partial charge on any atom is -0.442 e. The Morgan fingerprint density at radius 3 is 2.38 bits per heavy atom. The van der Waals surface area contributed by atoms with Gasteiger partial charge in [0.15, 0.2) is 8.32 Å². The van der Waals surface area contributed by atoms with Gasteiger partial charge in [-0.15, -0.1) is 0 Å². The maximum atomic E-state index is 12.0. The van der Waals surface area contributed by atoms with Crippen LogP contribution in [0.25, 0.3) is 0 Å². The van der Waals surface area contributed by atoms with Crippen molar-refractivity contribution in [3.05, 3.63) is 29.4 Å². The number of nitrogen functional groups attached to an aromatic ring is 1. The zero-order valence-corrected chi connectivity index (χ0v) is 22.1. The highest BCUT2D eigenvalue weighted by molar-refractivity contribution is 6.74. The van der Waals surface area contributed by atoms with Crippen LogP contribution in [0.2, 0.25) is 18.1 Å². The van der Waals surface area contributed by atoms with Gasteiger partial charge in [0, 0.05) is 18.7 Å². The number of amides is 1. The molecule has 0 spiro atoms. The van der Waals surface area contributed by atoms with E-state index in [2.05, 4.69) is 50.7 Å². The zero-order valence-electron chi connectivity index (χ0n) is 21.1. The van der Waals surface area contributed by atoms with E-state index in [1.165, 1.54) is 4.68 Å². The Morgan fingerprint density at radius 1 is 1.19 bits per heavy atom. The molecule has 2 rings (SSSR count). The molecule has 1 fully saturated rings. The number of rotatable bonds is 3. The summed E-state index contributed by atoms with van der Waals surface area (Å²) in [6.45, 7) is 17.8. The van der Waals surface area contributed by atoms with E-state index in [4.69, 9.17) is 15.0 Å². The summed E-state index contributed by atoms with van der Waals surface area (Å²) in [5, 5.41) is 0.731. The van der Waals surface area contributed by atoms with E-state index >= 15 is 0 Å². The summed E-state index contributed by atoms with van der Waals surface area (Å²) in [5.74, 6) is 13.6. The largest absolute Gasteiger partial charge is 0.442 e. The molecule has 1 aliphatic carbocycles. The molecule has 1 aromatic heterocycles. The Morgan fingerprint density at radius 2 is 1.81 bits per heavy atom. The Bertz CT molecular complexity index is 919. The van der Waals surface area contributed by atoms with Gasteiger partial charge in [-0.1, -0.05) is 26.7 Å². The number of nitrogens with two attached hydrogens (primary N) is 1. The average molecular weight is 460 g/mol. The first-order valence-corrected chi connectivity index (χ1v) is 14.5. The minimum absolute atomic E-state index is 0.248. The molecular weight excluding hydrogens is 418 g/mol. The normalized spacial score (nSPS) is 20.4. The van der Waals surface area contributed by atoms with Crippen LogP contribution in [0.15, 0.2) is 23.3 Å². The summed E-state index contributed by atoms with van der Waals surface area (Å²) in [6.07, 6.45) is 5.47. The van der Waals surface area contributed by atoms with Gasteiger partial charge in [0.2, 0.25) is 0 Å². The number of carbonyl (C=O) groups is 1. The number of hydrogen-bond acceptors (Lipinski definition) is 4. The molecule has 0 saturated heterocycles. The lowest BCUT2D eigenvalue weighted by Gasteiger charge is -2.38. The molecule has 0 radical (unpaired) electrons. The summed E-state index contributed by atoms with van der Waals surface area (Å²) >= 11 is 0. The summed E-state index contributed by atoms with van der Waals surface area (Å²) in [6, 6.07) is 3.39. The van der Waals surface area contributed by atoms with Crippen LogP contribution in [-0.4, -0.2) is 31.3 Å². The molecule has 1 amide bonds. The van der Waals surface area contributed by atoms with Crippen molar-refractivity contribution >= 4 is 14.4 Å². The van der Waals surface area contributed by atoms with Gasteiger partial charge < -0.3 is 15.0 Å². The predicted molar refractivity (Wildman–Crippen MR) is 132 cm³/mol. The molecule has 0 bridgehead atoms. The van der Waals surface area contributed by atoms with Gasteiger partial charge in [-0.2, -0.15) is 4.99 Å². The van der Waals surface area contributed by atoms with Crippen LogP contribution in [0.4, 0.5) is 4.79 Å². The first-order chi connectivity index (χ1) is 14.7. The van der Waals surface area contributed by atoms with E-state index in [9.17, 15) is 4.79 Å². The van der Waals surface area contributed by atoms with E-state index in [-0.39, 0.29) is 5.04 Å². The molecule has 178 valence electrons. The monoisotopic (exact) mass is 459 g/mol. The van der Waals surface area contributed by atoms with Crippen LogP contribution in [-0.2, 0) is 9.16 Å². The molecule has 2 N–H and O–H groups in total. The number of hydrogen-bond donors (Lipinski definition) is 1. The molecule has 1 aromatic rings. The van der Waals surface area contributed by atoms with Gasteiger partial charge in [0.1, 0.15) is 11.3 Å². The molecular formula is C25H41N3O3Si. The molecule has 0 aromatic carbocycles. The van der Waals surface area contributed by atoms with Crippen molar-refractivity contribution in [3.8, 4) is 11.8 Å². The molecule has 0 atom stereocenters. The summed E-state index contributed by atoms with van der Waals surface area (Å²) in [4.78, 5) is 16.0. The predicted octanol–water partition coefficient (Wildman–Crippen LogP) is 5.22. The first kappa shape index (κ1) is 26.2. The highest BCUT2D eigenvalue weighted by atomic mass is 28.4. The van der Waals surface area contributed by atoms with Gasteiger partial charge in [-0.25, -0.2) is 4.79 Å². The highest BCUT2D eigenvalue weighted by Gasteiger charge is 2.37. The second-order valence-corrected chi connectivity index (χ2v) is 16.1. The molecule has 0 aliphatic heterocycles. The fourth-order valence-electron chi connectivity index (χ4n) is 3.25. The molecule has 1 heterocycles. The number of pyridine rings is 1. The van der Waals surface area contributed by atoms with E-state index in [0.717, 1.165) is 32.3 Å². The average Bonchev–Trinajstić information content (AvgIpc) is 2.65. The molecule has 7 heteroatoms. The molecule has 1 aliphatic rings. The lowest BCUT2D eigenvalue weighted by atomic mass is 9.83. The number of aromatic nitrogens is 1. The lowest BCUT2D eigenvalue weighted by molar-refractivity contribution is 0.0597. The van der Waals surface area contributed by atoms with Crippen LogP contribution >= 0.6 is 0 Å². The highest BCUT2D eigenvalue weighted by Crippen LogP contribution is 2.38. The maximum Gasteiger partial charge on any atom is 0.434 e. The van der Waals surface area contributed by atoms with Crippen LogP contribution in [0, 0.1) is 23.7 Å². The van der Waals surface area contributed by atoms with Crippen LogP contribution in [0.3, 0.4) is 0 Å². The smallest absolute Gasteiger partial charge is 0.434 e. The van der Waals surface area contributed by atoms with Crippen molar-refractivity contribution in [2.24, 2.45) is 16.8 Å². The fourth-order valence-corrected chi connectivity index (χ4v) is 4.34. The fraction of sp³-hybridized carbons (Fsp3) is 0.680. The maximum absolute atomic E-state index is 12.0. The number of ether oxygens (including phenoxy) is 1. The summed E-state index contributed by atoms with van der Waals surface area (Å²) in [7, 11) is -1.69. The third-order valence-corrected chi connectivity index (χ3v) is 10.8. The van der Waals surface area contributed by atoms with Gasteiger partial charge in [-0.05, 0) is 88.6 Å². The summed E-state index contributed by atoms with van der Waals surface area (Å²) in [5.41, 5.74) is 0.0403. The van der Waals surface area contributed by atoms with E-state index in [1.54, 1.807) is 18.3 Å². The topological polar surface area (TPSA) is 78.8 Å². The second-order valence-electron chi connectivity index (χ2n) is 11.3. The van der Waals surface area contributed by atoms with Crippen molar-refractivity contribution in [2.45, 2.75) is 91.0 Å². The van der Waals surface area contributed by atoms with E-state index in [0.29, 0.717) is 22.9 Å². The van der Waals surface area contributed by atoms with Gasteiger partial charge in [-0.3, -0.25) is 4.68 Å². The van der Waals surface area contributed by atoms with Crippen molar-refractivity contribution in [2.75, 3.05) is 12.4 Å². The summed E-state index contributed by atoms with van der Waals surface area (Å²) < 4.78 is 13.1. The second kappa shape index (κ2) is 10.3. The first-order valence-electron chi connectivity index (χ1n) is 11.6. The van der Waals surface area contributed by atoms with E-state index < -0.39 is 20.0 Å². The molecule has 6 nitrogen and oxygen atoms in total. The quantitative estimate of drug-likeness (QED) is 0.382. The molecule has 0 unspecified atom stereocenters. The minimum atomic E-state index is -1.69. The number of carbonyl (C=O) groups excluding carboxylic acids is 1. The van der Waals surface area contributed by atoms with Crippen LogP contribution in [0.1, 0.15) is 72.9 Å². The van der Waals surface area contributed by atoms with E-state index in [1.807, 2.05) is 20.8 Å². The molecule has 1 saturated carbocycles. The SMILES string of the molecule is CC(C)(C)OC(=O)/N=c1/ccn(N)c(C#CC2CCC(CO[Si](C)(C)C(C)(C)C)CC2)c1. The standard InChI is InChI=1S/C25H41N3O3Si/c1-24(2,3)31-23(29)27-21-15-16-28(26)22(17-21)14-13-19-9-11-20(12-10-19)18-30-32(7,8)25(4,5)6/h15-17,19-20H,9-12,18,26H2,1-8H3/b27-21-.